The van der Waals surface area contributed by atoms with E-state index in [1.807, 2.05) is 6.92 Å². The van der Waals surface area contributed by atoms with Gasteiger partial charge in [0.1, 0.15) is 11.5 Å². The van der Waals surface area contributed by atoms with Crippen LogP contribution >= 0.6 is 11.6 Å². The number of halogens is 1. The van der Waals surface area contributed by atoms with Crippen LogP contribution in [0.15, 0.2) is 72.3 Å². The number of methoxy groups -OCH3 is 2. The molecule has 1 saturated heterocycles. The van der Waals surface area contributed by atoms with Gasteiger partial charge in [-0.15, -0.1) is 0 Å². The summed E-state index contributed by atoms with van der Waals surface area (Å²) in [4.78, 5) is 27.9. The molecule has 0 radical (unpaired) electrons. The Balaban J connectivity index is 1.93. The number of aliphatic hydroxyl groups excluding tert-OH is 1. The Bertz CT molecular complexity index is 1280. The van der Waals surface area contributed by atoms with Gasteiger partial charge in [-0.3, -0.25) is 14.5 Å². The molecule has 1 amide bonds. The number of carbonyl (C=O) groups excluding carboxylic acids is 2. The monoisotopic (exact) mass is 493 g/mol. The van der Waals surface area contributed by atoms with Crippen LogP contribution < -0.4 is 19.1 Å². The third-order valence-corrected chi connectivity index (χ3v) is 5.97. The Hall–Kier alpha value is -3.97. The van der Waals surface area contributed by atoms with Crippen LogP contribution in [0, 0.1) is 0 Å². The van der Waals surface area contributed by atoms with Crippen LogP contribution in [0.3, 0.4) is 0 Å². The molecule has 7 nitrogen and oxygen atoms in total. The van der Waals surface area contributed by atoms with Crippen LogP contribution in [0.5, 0.6) is 17.2 Å². The Morgan fingerprint density at radius 2 is 1.63 bits per heavy atom. The summed E-state index contributed by atoms with van der Waals surface area (Å²) in [6.07, 6.45) is 0. The van der Waals surface area contributed by atoms with Crippen molar-refractivity contribution in [2.75, 3.05) is 25.7 Å². The highest BCUT2D eigenvalue weighted by atomic mass is 35.5. The lowest BCUT2D eigenvalue weighted by molar-refractivity contribution is -0.132. The topological polar surface area (TPSA) is 85.3 Å². The van der Waals surface area contributed by atoms with Crippen molar-refractivity contribution in [1.29, 1.82) is 0 Å². The minimum Gasteiger partial charge on any atom is -0.507 e. The van der Waals surface area contributed by atoms with E-state index >= 15 is 0 Å². The summed E-state index contributed by atoms with van der Waals surface area (Å²) in [6, 6.07) is 17.4. The first-order chi connectivity index (χ1) is 16.9. The normalized spacial score (nSPS) is 16.9. The van der Waals surface area contributed by atoms with Gasteiger partial charge in [0.05, 0.1) is 32.4 Å². The van der Waals surface area contributed by atoms with Crippen molar-refractivity contribution >= 4 is 34.7 Å². The summed E-state index contributed by atoms with van der Waals surface area (Å²) in [5.41, 5.74) is 1.37. The molecule has 0 bridgehead atoms. The SMILES string of the molecule is CCOc1cc(C2/C(=C(/O)c3ccc(OC)cc3)C(=O)C(=O)N2c2ccc(Cl)cc2)ccc1OC. The second-order valence-corrected chi connectivity index (χ2v) is 8.15. The maximum absolute atomic E-state index is 13.3. The van der Waals surface area contributed by atoms with E-state index in [1.165, 1.54) is 19.1 Å². The largest absolute Gasteiger partial charge is 0.507 e. The van der Waals surface area contributed by atoms with E-state index in [2.05, 4.69) is 0 Å². The summed E-state index contributed by atoms with van der Waals surface area (Å²) >= 11 is 6.05. The van der Waals surface area contributed by atoms with Gasteiger partial charge in [-0.1, -0.05) is 17.7 Å². The van der Waals surface area contributed by atoms with Crippen molar-refractivity contribution in [2.45, 2.75) is 13.0 Å². The Labute approximate surface area is 208 Å². The molecule has 8 heteroatoms. The molecule has 35 heavy (non-hydrogen) atoms. The van der Waals surface area contributed by atoms with E-state index in [-0.39, 0.29) is 11.3 Å². The number of rotatable bonds is 7. The Morgan fingerprint density at radius 1 is 0.943 bits per heavy atom. The number of hydrogen-bond acceptors (Lipinski definition) is 6. The molecule has 0 aromatic heterocycles. The number of aliphatic hydroxyl groups is 1. The van der Waals surface area contributed by atoms with Crippen molar-refractivity contribution in [1.82, 2.24) is 0 Å². The second-order valence-electron chi connectivity index (χ2n) is 7.72. The van der Waals surface area contributed by atoms with Crippen molar-refractivity contribution in [3.8, 4) is 17.2 Å². The minimum atomic E-state index is -0.914. The lowest BCUT2D eigenvalue weighted by Crippen LogP contribution is -2.29. The Morgan fingerprint density at radius 3 is 2.23 bits per heavy atom. The number of carbonyl (C=O) groups is 2. The maximum Gasteiger partial charge on any atom is 0.300 e. The van der Waals surface area contributed by atoms with E-state index in [0.717, 1.165) is 0 Å². The quantitative estimate of drug-likeness (QED) is 0.270. The highest BCUT2D eigenvalue weighted by molar-refractivity contribution is 6.51. The number of benzene rings is 3. The molecule has 3 aromatic carbocycles. The van der Waals surface area contributed by atoms with Crippen LogP contribution in [-0.4, -0.2) is 37.6 Å². The van der Waals surface area contributed by atoms with E-state index in [9.17, 15) is 14.7 Å². The average Bonchev–Trinajstić information content (AvgIpc) is 3.14. The molecule has 1 heterocycles. The number of ether oxygens (including phenoxy) is 3. The second kappa shape index (κ2) is 10.1. The van der Waals surface area contributed by atoms with Gasteiger partial charge in [-0.25, -0.2) is 0 Å². The molecule has 1 fully saturated rings. The van der Waals surface area contributed by atoms with Crippen molar-refractivity contribution in [3.63, 3.8) is 0 Å². The molecule has 0 spiro atoms. The van der Waals surface area contributed by atoms with E-state index in [0.29, 0.717) is 45.7 Å². The molecule has 1 N–H and O–H groups in total. The first kappa shape index (κ1) is 24.2. The van der Waals surface area contributed by atoms with E-state index in [1.54, 1.807) is 66.7 Å². The molecule has 4 rings (SSSR count). The first-order valence-electron chi connectivity index (χ1n) is 10.9. The lowest BCUT2D eigenvalue weighted by Gasteiger charge is -2.26. The maximum atomic E-state index is 13.3. The van der Waals surface area contributed by atoms with Gasteiger partial charge in [0.2, 0.25) is 0 Å². The molecule has 1 atom stereocenters. The molecule has 1 unspecified atom stereocenters. The molecule has 0 aliphatic carbocycles. The van der Waals surface area contributed by atoms with E-state index in [4.69, 9.17) is 25.8 Å². The highest BCUT2D eigenvalue weighted by Gasteiger charge is 2.47. The molecule has 1 aliphatic heterocycles. The van der Waals surface area contributed by atoms with Crippen molar-refractivity contribution in [3.05, 3.63) is 88.5 Å². The van der Waals surface area contributed by atoms with Gasteiger partial charge in [0.25, 0.3) is 11.7 Å². The zero-order valence-corrected chi connectivity index (χ0v) is 20.2. The van der Waals surface area contributed by atoms with Gasteiger partial charge in [-0.2, -0.15) is 0 Å². The summed E-state index contributed by atoms with van der Waals surface area (Å²) < 4.78 is 16.3. The fourth-order valence-electron chi connectivity index (χ4n) is 4.05. The van der Waals surface area contributed by atoms with Crippen LogP contribution in [0.25, 0.3) is 5.76 Å². The highest BCUT2D eigenvalue weighted by Crippen LogP contribution is 2.44. The zero-order chi connectivity index (χ0) is 25.1. The van der Waals surface area contributed by atoms with Gasteiger partial charge < -0.3 is 19.3 Å². The first-order valence-corrected chi connectivity index (χ1v) is 11.3. The minimum absolute atomic E-state index is 0.0391. The molecule has 1 aliphatic rings. The van der Waals surface area contributed by atoms with Crippen molar-refractivity contribution < 1.29 is 28.9 Å². The number of nitrogens with zero attached hydrogens (tertiary/aromatic N) is 1. The summed E-state index contributed by atoms with van der Waals surface area (Å²) in [6.45, 7) is 2.23. The molecule has 180 valence electrons. The van der Waals surface area contributed by atoms with E-state index < -0.39 is 17.7 Å². The predicted molar refractivity (Wildman–Crippen MR) is 133 cm³/mol. The van der Waals surface area contributed by atoms with Gasteiger partial charge in [-0.05, 0) is 73.2 Å². The van der Waals surface area contributed by atoms with Crippen LogP contribution in [0.4, 0.5) is 5.69 Å². The van der Waals surface area contributed by atoms with Gasteiger partial charge in [0, 0.05) is 16.3 Å². The van der Waals surface area contributed by atoms with Gasteiger partial charge >= 0.3 is 0 Å². The Kier molecular flexibility index (Phi) is 6.98. The van der Waals surface area contributed by atoms with Crippen LogP contribution in [-0.2, 0) is 9.59 Å². The number of amides is 1. The standard InChI is InChI=1S/C27H24ClNO6/c1-4-35-22-15-17(7-14-21(22)34-3)24-23(25(30)16-5-12-20(33-2)13-6-16)26(31)27(32)29(24)19-10-8-18(28)9-11-19/h5-15,24,30H,4H2,1-3H3/b25-23-. The van der Waals surface area contributed by atoms with Gasteiger partial charge in [0.15, 0.2) is 11.5 Å². The molecular formula is C27H24ClNO6. The van der Waals surface area contributed by atoms with Crippen molar-refractivity contribution in [2.24, 2.45) is 0 Å². The number of hydrogen-bond donors (Lipinski definition) is 1. The van der Waals surface area contributed by atoms with Crippen LogP contribution in [0.1, 0.15) is 24.1 Å². The smallest absolute Gasteiger partial charge is 0.300 e. The average molecular weight is 494 g/mol. The number of ketones is 1. The molecule has 0 saturated carbocycles. The number of Topliss-reactive ketones (excluding diaryl/α,β-unsaturated/α-hetero) is 1. The molecule has 3 aromatic rings. The zero-order valence-electron chi connectivity index (χ0n) is 19.4. The third kappa shape index (κ3) is 4.55. The third-order valence-electron chi connectivity index (χ3n) is 5.72. The fraction of sp³-hybridized carbons (Fsp3) is 0.185. The summed E-state index contributed by atoms with van der Waals surface area (Å²) in [5.74, 6) is -0.293. The summed E-state index contributed by atoms with van der Waals surface area (Å²) in [5, 5.41) is 11.7. The summed E-state index contributed by atoms with van der Waals surface area (Å²) in [7, 11) is 3.06. The van der Waals surface area contributed by atoms with Crippen LogP contribution in [0.2, 0.25) is 5.02 Å². The molecular weight excluding hydrogens is 470 g/mol. The predicted octanol–water partition coefficient (Wildman–Crippen LogP) is 5.38. The number of anilines is 1. The fourth-order valence-corrected chi connectivity index (χ4v) is 4.18. The lowest BCUT2D eigenvalue weighted by atomic mass is 9.94.